The Morgan fingerprint density at radius 3 is 2.06 bits per heavy atom. The number of aliphatic hydroxyl groups is 1. The molecule has 0 spiro atoms. The number of hydrogen-bond acceptors (Lipinski definition) is 4. The van der Waals surface area contributed by atoms with Crippen molar-refractivity contribution in [1.29, 1.82) is 0 Å². The second-order valence-corrected chi connectivity index (χ2v) is 8.26. The van der Waals surface area contributed by atoms with Gasteiger partial charge in [-0.15, -0.1) is 0 Å². The summed E-state index contributed by atoms with van der Waals surface area (Å²) in [6.07, 6.45) is -1.47. The van der Waals surface area contributed by atoms with E-state index < -0.39 is 35.9 Å². The summed E-state index contributed by atoms with van der Waals surface area (Å²) in [5.41, 5.74) is 9.47. The second-order valence-electron chi connectivity index (χ2n) is 8.26. The largest absolute Gasteiger partial charge is 0.381 e. The van der Waals surface area contributed by atoms with Gasteiger partial charge in [0.25, 0.3) is 11.8 Å². The summed E-state index contributed by atoms with van der Waals surface area (Å²) in [6, 6.07) is 20.9. The summed E-state index contributed by atoms with van der Waals surface area (Å²) in [6.45, 7) is 3.94. The first-order chi connectivity index (χ1) is 16.3. The number of rotatable bonds is 9. The zero-order valence-electron chi connectivity index (χ0n) is 19.2. The SMILES string of the molecule is Cc1ccc(C[C@H](NC(=O)[C@H](O)[C@@H](NC(=O)c2ccccc2)c2ccccc2)C(N)=O)cc1C. The highest BCUT2D eigenvalue weighted by molar-refractivity contribution is 5.95. The van der Waals surface area contributed by atoms with Crippen LogP contribution < -0.4 is 16.4 Å². The van der Waals surface area contributed by atoms with Crippen molar-refractivity contribution in [3.8, 4) is 0 Å². The minimum absolute atomic E-state index is 0.182. The normalized spacial score (nSPS) is 13.4. The quantitative estimate of drug-likeness (QED) is 0.392. The van der Waals surface area contributed by atoms with Crippen LogP contribution in [0.25, 0.3) is 0 Å². The number of carbonyl (C=O) groups excluding carboxylic acids is 3. The van der Waals surface area contributed by atoms with Crippen LogP contribution in [0.15, 0.2) is 78.9 Å². The number of primary amides is 1. The molecule has 0 saturated heterocycles. The van der Waals surface area contributed by atoms with Crippen molar-refractivity contribution >= 4 is 17.7 Å². The molecule has 7 heteroatoms. The molecule has 3 atom stereocenters. The molecule has 3 aromatic rings. The first-order valence-corrected chi connectivity index (χ1v) is 11.0. The molecule has 0 aliphatic heterocycles. The summed E-state index contributed by atoms with van der Waals surface area (Å²) < 4.78 is 0. The van der Waals surface area contributed by atoms with Crippen molar-refractivity contribution in [3.63, 3.8) is 0 Å². The van der Waals surface area contributed by atoms with Crippen molar-refractivity contribution in [3.05, 3.63) is 107 Å². The van der Waals surface area contributed by atoms with Crippen molar-refractivity contribution in [2.75, 3.05) is 0 Å². The average molecular weight is 460 g/mol. The van der Waals surface area contributed by atoms with Crippen LogP contribution in [0.3, 0.4) is 0 Å². The summed E-state index contributed by atoms with van der Waals surface area (Å²) in [5.74, 6) is -1.97. The van der Waals surface area contributed by atoms with Crippen molar-refractivity contribution in [2.24, 2.45) is 5.73 Å². The highest BCUT2D eigenvalue weighted by atomic mass is 16.3. The van der Waals surface area contributed by atoms with Crippen molar-refractivity contribution < 1.29 is 19.5 Å². The molecule has 3 aromatic carbocycles. The molecule has 0 aliphatic rings. The number of aryl methyl sites for hydroxylation is 2. The molecule has 0 aliphatic carbocycles. The Labute approximate surface area is 199 Å². The number of aliphatic hydroxyl groups excluding tert-OH is 1. The third-order valence-corrected chi connectivity index (χ3v) is 5.74. The maximum Gasteiger partial charge on any atom is 0.252 e. The van der Waals surface area contributed by atoms with Gasteiger partial charge in [-0.3, -0.25) is 14.4 Å². The molecule has 0 fully saturated rings. The lowest BCUT2D eigenvalue weighted by Gasteiger charge is -2.26. The number of amides is 3. The summed E-state index contributed by atoms with van der Waals surface area (Å²) in [4.78, 5) is 37.8. The van der Waals surface area contributed by atoms with Gasteiger partial charge in [0.05, 0.1) is 6.04 Å². The molecule has 0 radical (unpaired) electrons. The number of hydrogen-bond donors (Lipinski definition) is 4. The van der Waals surface area contributed by atoms with Crippen LogP contribution >= 0.6 is 0 Å². The first-order valence-electron chi connectivity index (χ1n) is 11.0. The zero-order valence-corrected chi connectivity index (χ0v) is 19.2. The molecule has 0 bridgehead atoms. The Morgan fingerprint density at radius 1 is 0.853 bits per heavy atom. The number of carbonyl (C=O) groups is 3. The van der Waals surface area contributed by atoms with Gasteiger partial charge in [0.2, 0.25) is 5.91 Å². The number of nitrogens with two attached hydrogens (primary N) is 1. The standard InChI is InChI=1S/C27H29N3O4/c1-17-13-14-19(15-18(17)2)16-22(25(28)32)29-27(34)24(31)23(20-9-5-3-6-10-20)30-26(33)21-11-7-4-8-12-21/h3-15,22-24,31H,16H2,1-2H3,(H2,28,32)(H,29,34)(H,30,33)/t22-,23-,24+/m0/s1. The molecular formula is C27H29N3O4. The van der Waals surface area contributed by atoms with Gasteiger partial charge < -0.3 is 21.5 Å². The van der Waals surface area contributed by atoms with Crippen LogP contribution in [0, 0.1) is 13.8 Å². The van der Waals surface area contributed by atoms with Gasteiger partial charge in [0.15, 0.2) is 6.10 Å². The van der Waals surface area contributed by atoms with E-state index >= 15 is 0 Å². The van der Waals surface area contributed by atoms with E-state index in [9.17, 15) is 19.5 Å². The lowest BCUT2D eigenvalue weighted by atomic mass is 9.98. The minimum Gasteiger partial charge on any atom is -0.381 e. The third-order valence-electron chi connectivity index (χ3n) is 5.74. The summed E-state index contributed by atoms with van der Waals surface area (Å²) >= 11 is 0. The molecule has 3 rings (SSSR count). The number of nitrogens with one attached hydrogen (secondary N) is 2. The Bertz CT molecular complexity index is 1150. The Balaban J connectivity index is 1.79. The second kappa shape index (κ2) is 11.2. The van der Waals surface area contributed by atoms with Gasteiger partial charge in [-0.2, -0.15) is 0 Å². The highest BCUT2D eigenvalue weighted by Crippen LogP contribution is 2.19. The van der Waals surface area contributed by atoms with E-state index in [2.05, 4.69) is 10.6 Å². The van der Waals surface area contributed by atoms with E-state index in [-0.39, 0.29) is 6.42 Å². The van der Waals surface area contributed by atoms with Crippen LogP contribution in [0.4, 0.5) is 0 Å². The van der Waals surface area contributed by atoms with Crippen LogP contribution in [-0.4, -0.2) is 35.0 Å². The lowest BCUT2D eigenvalue weighted by molar-refractivity contribution is -0.134. The predicted molar refractivity (Wildman–Crippen MR) is 130 cm³/mol. The monoisotopic (exact) mass is 459 g/mol. The van der Waals surface area contributed by atoms with Gasteiger partial charge in [-0.25, -0.2) is 0 Å². The van der Waals surface area contributed by atoms with E-state index in [1.807, 2.05) is 32.0 Å². The molecule has 0 saturated carbocycles. The predicted octanol–water partition coefficient (Wildman–Crippen LogP) is 2.35. The molecule has 7 nitrogen and oxygen atoms in total. The molecule has 5 N–H and O–H groups in total. The van der Waals surface area contributed by atoms with Crippen LogP contribution in [0.2, 0.25) is 0 Å². The summed E-state index contributed by atoms with van der Waals surface area (Å²) in [7, 11) is 0. The lowest BCUT2D eigenvalue weighted by Crippen LogP contribution is -2.52. The fourth-order valence-corrected chi connectivity index (χ4v) is 3.62. The molecule has 0 heterocycles. The smallest absolute Gasteiger partial charge is 0.252 e. The summed E-state index contributed by atoms with van der Waals surface area (Å²) in [5, 5.41) is 16.2. The van der Waals surface area contributed by atoms with Crippen LogP contribution in [0.1, 0.15) is 38.7 Å². The molecule has 0 unspecified atom stereocenters. The average Bonchev–Trinajstić information content (AvgIpc) is 2.84. The van der Waals surface area contributed by atoms with E-state index in [0.29, 0.717) is 11.1 Å². The minimum atomic E-state index is -1.66. The topological polar surface area (TPSA) is 122 Å². The Kier molecular flexibility index (Phi) is 8.16. The van der Waals surface area contributed by atoms with E-state index in [1.54, 1.807) is 60.7 Å². The van der Waals surface area contributed by atoms with Gasteiger partial charge in [0, 0.05) is 12.0 Å². The van der Waals surface area contributed by atoms with Gasteiger partial charge >= 0.3 is 0 Å². The van der Waals surface area contributed by atoms with Crippen molar-refractivity contribution in [2.45, 2.75) is 38.5 Å². The van der Waals surface area contributed by atoms with E-state index in [4.69, 9.17) is 5.73 Å². The van der Waals surface area contributed by atoms with Crippen LogP contribution in [-0.2, 0) is 16.0 Å². The molecule has 34 heavy (non-hydrogen) atoms. The highest BCUT2D eigenvalue weighted by Gasteiger charge is 2.31. The molecule has 176 valence electrons. The Hall–Kier alpha value is -3.97. The molecule has 0 aromatic heterocycles. The number of benzene rings is 3. The molecular weight excluding hydrogens is 430 g/mol. The van der Waals surface area contributed by atoms with E-state index in [0.717, 1.165) is 16.7 Å². The fourth-order valence-electron chi connectivity index (χ4n) is 3.62. The fraction of sp³-hybridized carbons (Fsp3) is 0.222. The third kappa shape index (κ3) is 6.30. The van der Waals surface area contributed by atoms with Crippen LogP contribution in [0.5, 0.6) is 0 Å². The maximum absolute atomic E-state index is 13.0. The van der Waals surface area contributed by atoms with Gasteiger partial charge in [-0.05, 0) is 48.2 Å². The van der Waals surface area contributed by atoms with E-state index in [1.165, 1.54) is 0 Å². The maximum atomic E-state index is 13.0. The van der Waals surface area contributed by atoms with Gasteiger partial charge in [0.1, 0.15) is 6.04 Å². The Morgan fingerprint density at radius 2 is 1.47 bits per heavy atom. The molecule has 3 amide bonds. The van der Waals surface area contributed by atoms with Crippen molar-refractivity contribution in [1.82, 2.24) is 10.6 Å². The first kappa shape index (κ1) is 24.7. The zero-order chi connectivity index (χ0) is 24.7. The van der Waals surface area contributed by atoms with Gasteiger partial charge in [-0.1, -0.05) is 66.7 Å².